The summed E-state index contributed by atoms with van der Waals surface area (Å²) in [6.45, 7) is 6.28. The summed E-state index contributed by atoms with van der Waals surface area (Å²) in [4.78, 5) is 28.0. The lowest BCUT2D eigenvalue weighted by molar-refractivity contribution is -0.138. The van der Waals surface area contributed by atoms with E-state index in [0.717, 1.165) is 57.4 Å². The number of aromatic hydroxyl groups is 1. The summed E-state index contributed by atoms with van der Waals surface area (Å²) in [5.74, 6) is 0.934. The number of amides is 1. The molecule has 2 aliphatic rings. The predicted octanol–water partition coefficient (Wildman–Crippen LogP) is 4.52. The van der Waals surface area contributed by atoms with Crippen LogP contribution < -0.4 is 0 Å². The summed E-state index contributed by atoms with van der Waals surface area (Å²) >= 11 is 6.72. The molecular formula is C23H32Br2N2O4. The Kier molecular flexibility index (Phi) is 8.82. The standard InChI is InChI=1S/C23H32Br2N2O4/c1-15(12-16-13-19(24)22(30)20(25)14-16)23(31)27-10-4-18(5-11-27)17-2-7-26(8-3-17)9-6-21(28)29/h13-15,17-18,30H,2-12H2,1H3,(H,28,29)/t15-/m1/s1. The molecular weight excluding hydrogens is 528 g/mol. The van der Waals surface area contributed by atoms with Crippen molar-refractivity contribution >= 4 is 43.7 Å². The number of benzene rings is 1. The van der Waals surface area contributed by atoms with Crippen LogP contribution in [0.25, 0.3) is 0 Å². The van der Waals surface area contributed by atoms with Gasteiger partial charge in [-0.2, -0.15) is 0 Å². The fourth-order valence-electron chi connectivity index (χ4n) is 4.98. The number of likely N-dealkylation sites (tertiary alicyclic amines) is 2. The van der Waals surface area contributed by atoms with Gasteiger partial charge in [-0.05, 0) is 107 Å². The molecule has 0 bridgehead atoms. The van der Waals surface area contributed by atoms with Crippen molar-refractivity contribution in [2.45, 2.75) is 45.4 Å². The number of phenolic OH excluding ortho intramolecular Hbond substituents is 1. The Morgan fingerprint density at radius 3 is 2.06 bits per heavy atom. The lowest BCUT2D eigenvalue weighted by atomic mass is 9.78. The number of rotatable bonds is 7. The Labute approximate surface area is 201 Å². The predicted molar refractivity (Wildman–Crippen MR) is 127 cm³/mol. The topological polar surface area (TPSA) is 81.1 Å². The van der Waals surface area contributed by atoms with Crippen molar-refractivity contribution in [3.05, 3.63) is 26.6 Å². The number of carboxylic acid groups (broad SMARTS) is 1. The second-order valence-electron chi connectivity index (χ2n) is 9.00. The highest BCUT2D eigenvalue weighted by molar-refractivity contribution is 9.11. The minimum absolute atomic E-state index is 0.0997. The third-order valence-electron chi connectivity index (χ3n) is 6.83. The van der Waals surface area contributed by atoms with Gasteiger partial charge >= 0.3 is 5.97 Å². The Balaban J connectivity index is 1.44. The number of aliphatic carboxylic acids is 1. The van der Waals surface area contributed by atoms with Gasteiger partial charge in [-0.1, -0.05) is 6.92 Å². The second-order valence-corrected chi connectivity index (χ2v) is 10.7. The van der Waals surface area contributed by atoms with Crippen LogP contribution in [0.1, 0.15) is 44.6 Å². The first-order valence-corrected chi connectivity index (χ1v) is 12.7. The Bertz CT molecular complexity index is 765. The molecule has 0 unspecified atom stereocenters. The molecule has 8 heteroatoms. The fraction of sp³-hybridized carbons (Fsp3) is 0.652. The van der Waals surface area contributed by atoms with E-state index in [9.17, 15) is 14.7 Å². The monoisotopic (exact) mass is 558 g/mol. The minimum atomic E-state index is -0.723. The summed E-state index contributed by atoms with van der Waals surface area (Å²) in [7, 11) is 0. The SMILES string of the molecule is C[C@H](Cc1cc(Br)c(O)c(Br)c1)C(=O)N1CCC(C2CCN(CCC(=O)O)CC2)CC1. The van der Waals surface area contributed by atoms with Gasteiger partial charge in [-0.15, -0.1) is 0 Å². The molecule has 2 aliphatic heterocycles. The van der Waals surface area contributed by atoms with Gasteiger partial charge in [0.2, 0.25) is 5.91 Å². The molecule has 0 saturated carbocycles. The van der Waals surface area contributed by atoms with Crippen LogP contribution in [0.15, 0.2) is 21.1 Å². The van der Waals surface area contributed by atoms with Gasteiger partial charge in [0, 0.05) is 25.6 Å². The van der Waals surface area contributed by atoms with Crippen molar-refractivity contribution < 1.29 is 19.8 Å². The summed E-state index contributed by atoms with van der Waals surface area (Å²) in [5, 5.41) is 18.7. The number of halogens is 2. The number of piperidine rings is 2. The smallest absolute Gasteiger partial charge is 0.304 e. The molecule has 0 radical (unpaired) electrons. The molecule has 2 saturated heterocycles. The van der Waals surface area contributed by atoms with Gasteiger partial charge in [-0.25, -0.2) is 0 Å². The van der Waals surface area contributed by atoms with E-state index in [1.165, 1.54) is 0 Å². The molecule has 1 aromatic rings. The molecule has 1 amide bonds. The van der Waals surface area contributed by atoms with E-state index in [1.54, 1.807) is 0 Å². The number of nitrogens with zero attached hydrogens (tertiary/aromatic N) is 2. The average molecular weight is 560 g/mol. The summed E-state index contributed by atoms with van der Waals surface area (Å²) < 4.78 is 1.26. The van der Waals surface area contributed by atoms with E-state index in [2.05, 4.69) is 36.8 Å². The number of hydrogen-bond donors (Lipinski definition) is 2. The summed E-state index contributed by atoms with van der Waals surface area (Å²) in [6, 6.07) is 3.75. The molecule has 0 spiro atoms. The van der Waals surface area contributed by atoms with Crippen molar-refractivity contribution in [1.82, 2.24) is 9.80 Å². The molecule has 1 atom stereocenters. The molecule has 172 valence electrons. The molecule has 6 nitrogen and oxygen atoms in total. The number of carbonyl (C=O) groups excluding carboxylic acids is 1. The first-order chi connectivity index (χ1) is 14.7. The Hall–Kier alpha value is -1.12. The fourth-order valence-corrected chi connectivity index (χ4v) is 6.26. The summed E-state index contributed by atoms with van der Waals surface area (Å²) in [5.41, 5.74) is 1.02. The first-order valence-electron chi connectivity index (χ1n) is 11.1. The van der Waals surface area contributed by atoms with E-state index >= 15 is 0 Å². The van der Waals surface area contributed by atoms with Crippen LogP contribution in [-0.2, 0) is 16.0 Å². The number of carboxylic acids is 1. The lowest BCUT2D eigenvalue weighted by Crippen LogP contribution is -2.44. The molecule has 31 heavy (non-hydrogen) atoms. The molecule has 0 aromatic heterocycles. The third kappa shape index (κ3) is 6.68. The van der Waals surface area contributed by atoms with Gasteiger partial charge in [0.15, 0.2) is 0 Å². The largest absolute Gasteiger partial charge is 0.506 e. The average Bonchev–Trinajstić information content (AvgIpc) is 2.76. The van der Waals surface area contributed by atoms with E-state index in [0.29, 0.717) is 33.7 Å². The third-order valence-corrected chi connectivity index (χ3v) is 8.04. The van der Waals surface area contributed by atoms with E-state index in [-0.39, 0.29) is 24.0 Å². The van der Waals surface area contributed by atoms with Crippen LogP contribution in [0.4, 0.5) is 0 Å². The van der Waals surface area contributed by atoms with Crippen LogP contribution in [-0.4, -0.2) is 64.6 Å². The van der Waals surface area contributed by atoms with Gasteiger partial charge in [0.05, 0.1) is 15.4 Å². The van der Waals surface area contributed by atoms with Crippen molar-refractivity contribution in [3.8, 4) is 5.75 Å². The highest BCUT2D eigenvalue weighted by Gasteiger charge is 2.32. The number of carbonyl (C=O) groups is 2. The molecule has 0 aliphatic carbocycles. The summed E-state index contributed by atoms with van der Waals surface area (Å²) in [6.07, 6.45) is 5.27. The van der Waals surface area contributed by atoms with Crippen LogP contribution >= 0.6 is 31.9 Å². The van der Waals surface area contributed by atoms with Crippen LogP contribution in [0.3, 0.4) is 0 Å². The van der Waals surface area contributed by atoms with Crippen molar-refractivity contribution in [2.24, 2.45) is 17.8 Å². The van der Waals surface area contributed by atoms with Gasteiger partial charge in [0.1, 0.15) is 5.75 Å². The van der Waals surface area contributed by atoms with Crippen LogP contribution in [0.5, 0.6) is 5.75 Å². The van der Waals surface area contributed by atoms with E-state index in [4.69, 9.17) is 5.11 Å². The highest BCUT2D eigenvalue weighted by atomic mass is 79.9. The van der Waals surface area contributed by atoms with Gasteiger partial charge < -0.3 is 20.0 Å². The van der Waals surface area contributed by atoms with E-state index in [1.807, 2.05) is 24.0 Å². The van der Waals surface area contributed by atoms with Crippen LogP contribution in [0.2, 0.25) is 0 Å². The van der Waals surface area contributed by atoms with Gasteiger partial charge in [0.25, 0.3) is 0 Å². The van der Waals surface area contributed by atoms with Gasteiger partial charge in [-0.3, -0.25) is 9.59 Å². The van der Waals surface area contributed by atoms with Crippen molar-refractivity contribution in [2.75, 3.05) is 32.7 Å². The van der Waals surface area contributed by atoms with E-state index < -0.39 is 5.97 Å². The number of phenols is 1. The second kappa shape index (κ2) is 11.1. The Morgan fingerprint density at radius 2 is 1.55 bits per heavy atom. The molecule has 3 rings (SSSR count). The maximum atomic E-state index is 13.0. The molecule has 1 aromatic carbocycles. The normalized spacial score (nSPS) is 20.0. The molecule has 2 N–H and O–H groups in total. The Morgan fingerprint density at radius 1 is 1.03 bits per heavy atom. The minimum Gasteiger partial charge on any atom is -0.506 e. The first kappa shape index (κ1) is 24.5. The quantitative estimate of drug-likeness (QED) is 0.513. The number of hydrogen-bond acceptors (Lipinski definition) is 4. The lowest BCUT2D eigenvalue weighted by Gasteiger charge is -2.40. The highest BCUT2D eigenvalue weighted by Crippen LogP contribution is 2.35. The molecule has 2 fully saturated rings. The van der Waals surface area contributed by atoms with Crippen molar-refractivity contribution in [3.63, 3.8) is 0 Å². The maximum absolute atomic E-state index is 13.0. The molecule has 2 heterocycles. The zero-order valence-electron chi connectivity index (χ0n) is 18.0. The van der Waals surface area contributed by atoms with Crippen LogP contribution in [0, 0.1) is 17.8 Å². The van der Waals surface area contributed by atoms with Crippen molar-refractivity contribution in [1.29, 1.82) is 0 Å². The zero-order chi connectivity index (χ0) is 22.5. The zero-order valence-corrected chi connectivity index (χ0v) is 21.2. The maximum Gasteiger partial charge on any atom is 0.304 e.